The molecule has 0 aliphatic carbocycles. The van der Waals surface area contributed by atoms with E-state index in [1.807, 2.05) is 37.3 Å². The highest BCUT2D eigenvalue weighted by Gasteiger charge is 1.99. The Bertz CT molecular complexity index is 526. The topological polar surface area (TPSA) is 50.9 Å². The van der Waals surface area contributed by atoms with Crippen molar-refractivity contribution in [2.24, 2.45) is 0 Å². The number of hydrogen-bond acceptors (Lipinski definition) is 3. The Morgan fingerprint density at radius 3 is 2.88 bits per heavy atom. The first kappa shape index (κ1) is 11.7. The van der Waals surface area contributed by atoms with Crippen molar-refractivity contribution in [1.29, 1.82) is 0 Å². The molecule has 1 aromatic heterocycles. The summed E-state index contributed by atoms with van der Waals surface area (Å²) in [4.78, 5) is 4.21. The molecular weight excluding hydrogens is 234 g/mol. The van der Waals surface area contributed by atoms with Crippen molar-refractivity contribution >= 4 is 23.1 Å². The highest BCUT2D eigenvalue weighted by molar-refractivity contribution is 6.30. The summed E-state index contributed by atoms with van der Waals surface area (Å²) in [6, 6.07) is 9.67. The summed E-state index contributed by atoms with van der Waals surface area (Å²) in [5.41, 5.74) is 8.56. The van der Waals surface area contributed by atoms with Gasteiger partial charge in [-0.3, -0.25) is 0 Å². The lowest BCUT2D eigenvalue weighted by Crippen LogP contribution is -2.02. The van der Waals surface area contributed by atoms with Crippen LogP contribution in [0.4, 0.5) is 11.5 Å². The number of aryl methyl sites for hydroxylation is 1. The van der Waals surface area contributed by atoms with E-state index in [4.69, 9.17) is 17.3 Å². The van der Waals surface area contributed by atoms with E-state index in [9.17, 15) is 0 Å². The predicted octanol–water partition coefficient (Wildman–Crippen LogP) is 3.24. The predicted molar refractivity (Wildman–Crippen MR) is 72.2 cm³/mol. The van der Waals surface area contributed by atoms with Crippen LogP contribution in [0.1, 0.15) is 11.1 Å². The summed E-state index contributed by atoms with van der Waals surface area (Å²) in [5, 5.41) is 3.97. The lowest BCUT2D eigenvalue weighted by Gasteiger charge is -2.07. The SMILES string of the molecule is Cc1cc(NCc2cccc(Cl)c2)ncc1N. The summed E-state index contributed by atoms with van der Waals surface area (Å²) in [6.07, 6.45) is 1.66. The minimum Gasteiger partial charge on any atom is -0.397 e. The molecule has 0 radical (unpaired) electrons. The van der Waals surface area contributed by atoms with Crippen molar-refractivity contribution in [1.82, 2.24) is 4.98 Å². The van der Waals surface area contributed by atoms with Gasteiger partial charge in [-0.2, -0.15) is 0 Å². The number of rotatable bonds is 3. The van der Waals surface area contributed by atoms with E-state index in [1.165, 1.54) is 0 Å². The van der Waals surface area contributed by atoms with Gasteiger partial charge in [-0.1, -0.05) is 23.7 Å². The molecule has 0 spiro atoms. The largest absolute Gasteiger partial charge is 0.397 e. The molecule has 4 heteroatoms. The number of aromatic nitrogens is 1. The summed E-state index contributed by atoms with van der Waals surface area (Å²) >= 11 is 5.91. The van der Waals surface area contributed by atoms with Crippen molar-refractivity contribution < 1.29 is 0 Å². The molecule has 0 bridgehead atoms. The third-order valence-corrected chi connectivity index (χ3v) is 2.75. The van der Waals surface area contributed by atoms with Gasteiger partial charge >= 0.3 is 0 Å². The molecule has 0 saturated heterocycles. The molecule has 1 heterocycles. The fourth-order valence-corrected chi connectivity index (χ4v) is 1.72. The molecule has 2 aromatic rings. The van der Waals surface area contributed by atoms with Crippen LogP contribution in [0.5, 0.6) is 0 Å². The van der Waals surface area contributed by atoms with Gasteiger partial charge in [-0.15, -0.1) is 0 Å². The monoisotopic (exact) mass is 247 g/mol. The van der Waals surface area contributed by atoms with E-state index in [0.29, 0.717) is 12.2 Å². The number of halogens is 1. The lowest BCUT2D eigenvalue weighted by atomic mass is 10.2. The summed E-state index contributed by atoms with van der Waals surface area (Å²) in [6.45, 7) is 2.65. The molecule has 88 valence electrons. The second-order valence-electron chi connectivity index (χ2n) is 3.91. The zero-order chi connectivity index (χ0) is 12.3. The third-order valence-electron chi connectivity index (χ3n) is 2.51. The average Bonchev–Trinajstić information content (AvgIpc) is 2.31. The van der Waals surface area contributed by atoms with Crippen LogP contribution < -0.4 is 11.1 Å². The van der Waals surface area contributed by atoms with Crippen LogP contribution in [-0.4, -0.2) is 4.98 Å². The van der Waals surface area contributed by atoms with E-state index in [2.05, 4.69) is 10.3 Å². The Labute approximate surface area is 106 Å². The second-order valence-corrected chi connectivity index (χ2v) is 4.35. The van der Waals surface area contributed by atoms with Gasteiger partial charge < -0.3 is 11.1 Å². The average molecular weight is 248 g/mol. The number of benzene rings is 1. The molecule has 0 aliphatic rings. The number of nitrogens with zero attached hydrogens (tertiary/aromatic N) is 1. The van der Waals surface area contributed by atoms with Crippen LogP contribution in [0.2, 0.25) is 5.02 Å². The number of pyridine rings is 1. The van der Waals surface area contributed by atoms with Gasteiger partial charge in [-0.05, 0) is 36.2 Å². The minimum absolute atomic E-state index is 0.691. The molecule has 0 aliphatic heterocycles. The van der Waals surface area contributed by atoms with Crippen molar-refractivity contribution in [3.63, 3.8) is 0 Å². The normalized spacial score (nSPS) is 10.2. The van der Waals surface area contributed by atoms with Gasteiger partial charge in [0.25, 0.3) is 0 Å². The maximum atomic E-state index is 5.91. The molecule has 3 N–H and O–H groups in total. The quantitative estimate of drug-likeness (QED) is 0.876. The van der Waals surface area contributed by atoms with Gasteiger partial charge in [0, 0.05) is 11.6 Å². The number of nitrogens with two attached hydrogens (primary N) is 1. The van der Waals surface area contributed by atoms with Crippen molar-refractivity contribution in [2.75, 3.05) is 11.1 Å². The Balaban J connectivity index is 2.05. The van der Waals surface area contributed by atoms with Gasteiger partial charge in [0.1, 0.15) is 5.82 Å². The zero-order valence-electron chi connectivity index (χ0n) is 9.57. The summed E-state index contributed by atoms with van der Waals surface area (Å²) in [5.74, 6) is 0.816. The first-order valence-electron chi connectivity index (χ1n) is 5.35. The van der Waals surface area contributed by atoms with Crippen molar-refractivity contribution in [3.05, 3.63) is 52.7 Å². The molecule has 1 aromatic carbocycles. The number of nitrogen functional groups attached to an aromatic ring is 1. The van der Waals surface area contributed by atoms with Crippen LogP contribution in [0.25, 0.3) is 0 Å². The van der Waals surface area contributed by atoms with Crippen LogP contribution in [0.3, 0.4) is 0 Å². The standard InChI is InChI=1S/C13H14ClN3/c1-9-5-13(17-8-12(9)15)16-7-10-3-2-4-11(14)6-10/h2-6,8H,7,15H2,1H3,(H,16,17). The van der Waals surface area contributed by atoms with E-state index in [-0.39, 0.29) is 0 Å². The molecular formula is C13H14ClN3. The summed E-state index contributed by atoms with van der Waals surface area (Å²) in [7, 11) is 0. The highest BCUT2D eigenvalue weighted by atomic mass is 35.5. The molecule has 0 amide bonds. The van der Waals surface area contributed by atoms with Gasteiger partial charge in [0.15, 0.2) is 0 Å². The maximum absolute atomic E-state index is 5.91. The Morgan fingerprint density at radius 1 is 1.35 bits per heavy atom. The second kappa shape index (κ2) is 5.06. The van der Waals surface area contributed by atoms with Crippen LogP contribution in [-0.2, 0) is 6.54 Å². The van der Waals surface area contributed by atoms with E-state index in [1.54, 1.807) is 6.20 Å². The Hall–Kier alpha value is -1.74. The molecule has 0 fully saturated rings. The molecule has 17 heavy (non-hydrogen) atoms. The smallest absolute Gasteiger partial charge is 0.126 e. The van der Waals surface area contributed by atoms with Crippen LogP contribution in [0, 0.1) is 6.92 Å². The van der Waals surface area contributed by atoms with Gasteiger partial charge in [-0.25, -0.2) is 4.98 Å². The fraction of sp³-hybridized carbons (Fsp3) is 0.154. The molecule has 3 nitrogen and oxygen atoms in total. The third kappa shape index (κ3) is 3.11. The molecule has 2 rings (SSSR count). The van der Waals surface area contributed by atoms with E-state index >= 15 is 0 Å². The van der Waals surface area contributed by atoms with Crippen LogP contribution in [0.15, 0.2) is 36.5 Å². The highest BCUT2D eigenvalue weighted by Crippen LogP contribution is 2.15. The minimum atomic E-state index is 0.691. The Morgan fingerprint density at radius 2 is 2.18 bits per heavy atom. The zero-order valence-corrected chi connectivity index (χ0v) is 10.3. The molecule has 0 atom stereocenters. The van der Waals surface area contributed by atoms with E-state index in [0.717, 1.165) is 22.0 Å². The lowest BCUT2D eigenvalue weighted by molar-refractivity contribution is 1.11. The number of hydrogen-bond donors (Lipinski definition) is 2. The van der Waals surface area contributed by atoms with E-state index < -0.39 is 0 Å². The summed E-state index contributed by atoms with van der Waals surface area (Å²) < 4.78 is 0. The van der Waals surface area contributed by atoms with Crippen molar-refractivity contribution in [2.45, 2.75) is 13.5 Å². The van der Waals surface area contributed by atoms with Crippen molar-refractivity contribution in [3.8, 4) is 0 Å². The Kier molecular flexibility index (Phi) is 3.49. The first-order valence-corrected chi connectivity index (χ1v) is 5.73. The number of nitrogens with one attached hydrogen (secondary N) is 1. The fourth-order valence-electron chi connectivity index (χ4n) is 1.50. The molecule has 0 unspecified atom stereocenters. The van der Waals surface area contributed by atoms with Gasteiger partial charge in [0.05, 0.1) is 11.9 Å². The van der Waals surface area contributed by atoms with Gasteiger partial charge in [0.2, 0.25) is 0 Å². The van der Waals surface area contributed by atoms with Crippen LogP contribution >= 0.6 is 11.6 Å². The first-order chi connectivity index (χ1) is 8.15. The maximum Gasteiger partial charge on any atom is 0.126 e. The molecule has 0 saturated carbocycles. The number of anilines is 2.